The molecule has 0 unspecified atom stereocenters. The lowest BCUT2D eigenvalue weighted by Gasteiger charge is -2.31. The number of nitrogens with zero attached hydrogens (tertiary/aromatic N) is 1. The third-order valence-electron chi connectivity index (χ3n) is 8.95. The molecule has 5 aromatic rings. The minimum Gasteiger partial charge on any atom is -0.355 e. The number of anilines is 5. The van der Waals surface area contributed by atoms with E-state index in [0.29, 0.717) is 28.2 Å². The minimum atomic E-state index is -2.44. The first-order valence-corrected chi connectivity index (χ1v) is 17.3. The highest BCUT2D eigenvalue weighted by molar-refractivity contribution is 5.89. The van der Waals surface area contributed by atoms with Gasteiger partial charge in [0.25, 0.3) is 0 Å². The van der Waals surface area contributed by atoms with E-state index in [9.17, 15) is 2.74 Å². The van der Waals surface area contributed by atoms with E-state index in [0.717, 1.165) is 22.5 Å². The maximum atomic E-state index is 9.40. The van der Waals surface area contributed by atoms with Crippen LogP contribution in [0.5, 0.6) is 0 Å². The van der Waals surface area contributed by atoms with Crippen molar-refractivity contribution in [1.82, 2.24) is 0 Å². The average Bonchev–Trinajstić information content (AvgIpc) is 3.06. The molecule has 0 aliphatic carbocycles. The van der Waals surface area contributed by atoms with E-state index in [2.05, 4.69) is 91.9 Å². The molecular formula is C47H58N2. The van der Waals surface area contributed by atoms with E-state index in [4.69, 9.17) is 6.85 Å². The maximum absolute atomic E-state index is 9.40. The average molecular weight is 658 g/mol. The molecule has 0 aromatic heterocycles. The van der Waals surface area contributed by atoms with Gasteiger partial charge in [0.1, 0.15) is 0 Å². The molecule has 256 valence electrons. The highest BCUT2D eigenvalue weighted by atomic mass is 15.1. The highest BCUT2D eigenvalue weighted by Crippen LogP contribution is 2.44. The van der Waals surface area contributed by atoms with Gasteiger partial charge in [0.05, 0.1) is 11.2 Å². The van der Waals surface area contributed by atoms with Crippen LogP contribution in [-0.2, 0) is 21.7 Å². The Bertz CT molecular complexity index is 2200. The lowest BCUT2D eigenvalue weighted by atomic mass is 9.83. The Morgan fingerprint density at radius 3 is 1.51 bits per heavy atom. The van der Waals surface area contributed by atoms with Crippen LogP contribution in [0.3, 0.4) is 0 Å². The Labute approximate surface area is 307 Å². The van der Waals surface area contributed by atoms with Crippen molar-refractivity contribution < 1.29 is 9.60 Å². The van der Waals surface area contributed by atoms with Crippen LogP contribution in [0.15, 0.2) is 109 Å². The third-order valence-corrected chi connectivity index (χ3v) is 8.95. The fraction of sp³-hybridized carbons (Fsp3) is 0.362. The van der Waals surface area contributed by atoms with Crippen molar-refractivity contribution in [3.8, 4) is 11.1 Å². The Morgan fingerprint density at radius 1 is 0.490 bits per heavy atom. The smallest absolute Gasteiger partial charge is 0.0629 e. The van der Waals surface area contributed by atoms with Crippen LogP contribution in [0.4, 0.5) is 28.4 Å². The van der Waals surface area contributed by atoms with Gasteiger partial charge < -0.3 is 10.2 Å². The summed E-state index contributed by atoms with van der Waals surface area (Å²) in [4.78, 5) is 1.97. The first kappa shape index (κ1) is 27.5. The standard InChI is InChI=1S/C47H58N2/c1-32-28-39(48-38-23-18-35(19-24-38)45(5,6)7)31-41(29-32)49(40-25-20-36(21-26-40)46(8,9)10)43-27-22-37(47(11,12)13)30-42(43)33-14-16-34(17-15-33)44(2,3)4/h14-31,48H,1-13H3/i1D3,14D,15D,16D,17D. The van der Waals surface area contributed by atoms with Crippen LogP contribution < -0.4 is 10.2 Å². The lowest BCUT2D eigenvalue weighted by Crippen LogP contribution is -2.16. The van der Waals surface area contributed by atoms with Crippen LogP contribution in [0.25, 0.3) is 11.1 Å². The molecule has 0 bridgehead atoms. The first-order chi connectivity index (χ1) is 25.6. The first-order valence-electron chi connectivity index (χ1n) is 20.8. The third kappa shape index (κ3) is 8.47. The molecule has 0 radical (unpaired) electrons. The van der Waals surface area contributed by atoms with E-state index >= 15 is 0 Å². The van der Waals surface area contributed by atoms with Crippen LogP contribution in [-0.4, -0.2) is 0 Å². The van der Waals surface area contributed by atoms with Crippen molar-refractivity contribution >= 4 is 28.4 Å². The summed E-state index contributed by atoms with van der Waals surface area (Å²) in [5, 5.41) is 3.46. The maximum Gasteiger partial charge on any atom is 0.0629 e. The Hall–Kier alpha value is -4.30. The van der Waals surface area contributed by atoms with Gasteiger partial charge in [0.15, 0.2) is 0 Å². The quantitative estimate of drug-likeness (QED) is 0.195. The summed E-state index contributed by atoms with van der Waals surface area (Å²) < 4.78 is 62.7. The van der Waals surface area contributed by atoms with Crippen LogP contribution in [0.2, 0.25) is 0 Å². The van der Waals surface area contributed by atoms with Gasteiger partial charge in [-0.1, -0.05) is 138 Å². The molecule has 2 nitrogen and oxygen atoms in total. The van der Waals surface area contributed by atoms with Gasteiger partial charge in [-0.25, -0.2) is 0 Å². The van der Waals surface area contributed by atoms with Gasteiger partial charge in [-0.2, -0.15) is 0 Å². The molecule has 0 heterocycles. The number of nitrogens with one attached hydrogen (secondary N) is 1. The molecule has 0 amide bonds. The monoisotopic (exact) mass is 658 g/mol. The minimum absolute atomic E-state index is 0.0253. The van der Waals surface area contributed by atoms with Crippen LogP contribution in [0, 0.1) is 6.85 Å². The normalized spacial score (nSPS) is 14.9. The molecular weight excluding hydrogens is 593 g/mol. The molecule has 0 aliphatic heterocycles. The number of rotatable bonds is 6. The summed E-state index contributed by atoms with van der Waals surface area (Å²) in [6.07, 6.45) is 0. The second-order valence-corrected chi connectivity index (χ2v) is 17.3. The van der Waals surface area contributed by atoms with Crippen molar-refractivity contribution in [2.24, 2.45) is 0 Å². The predicted octanol–water partition coefficient (Wildman–Crippen LogP) is 14.1. The number of hydrogen-bond donors (Lipinski definition) is 1. The Morgan fingerprint density at radius 2 is 1.00 bits per heavy atom. The zero-order valence-corrected chi connectivity index (χ0v) is 31.5. The Kier molecular flexibility index (Phi) is 7.41. The zero-order valence-electron chi connectivity index (χ0n) is 38.5. The molecule has 5 rings (SSSR count). The number of benzene rings is 5. The summed E-state index contributed by atoms with van der Waals surface area (Å²) in [5.41, 5.74) is 6.68. The molecule has 0 saturated carbocycles. The molecule has 0 saturated heterocycles. The largest absolute Gasteiger partial charge is 0.355 e. The molecule has 49 heavy (non-hydrogen) atoms. The van der Waals surface area contributed by atoms with Crippen LogP contribution in [0.1, 0.15) is 120 Å². The topological polar surface area (TPSA) is 15.3 Å². The summed E-state index contributed by atoms with van der Waals surface area (Å²) in [6, 6.07) is 27.1. The number of hydrogen-bond acceptors (Lipinski definition) is 2. The second-order valence-electron chi connectivity index (χ2n) is 17.3. The van der Waals surface area contributed by atoms with Gasteiger partial charge >= 0.3 is 0 Å². The molecule has 5 aromatic carbocycles. The van der Waals surface area contributed by atoms with Gasteiger partial charge in [0, 0.05) is 32.4 Å². The van der Waals surface area contributed by atoms with E-state index in [1.165, 1.54) is 5.56 Å². The van der Waals surface area contributed by atoms with Gasteiger partial charge in [0.2, 0.25) is 0 Å². The summed E-state index contributed by atoms with van der Waals surface area (Å²) in [6.45, 7) is 22.5. The molecule has 0 fully saturated rings. The molecule has 0 atom stereocenters. The van der Waals surface area contributed by atoms with E-state index in [1.807, 2.05) is 74.2 Å². The summed E-state index contributed by atoms with van der Waals surface area (Å²) in [7, 11) is 0. The molecule has 0 aliphatic rings. The van der Waals surface area contributed by atoms with Crippen molar-refractivity contribution in [3.63, 3.8) is 0 Å². The van der Waals surface area contributed by atoms with E-state index in [-0.39, 0.29) is 51.5 Å². The molecule has 2 heteroatoms. The van der Waals surface area contributed by atoms with E-state index < -0.39 is 12.3 Å². The fourth-order valence-electron chi connectivity index (χ4n) is 5.79. The summed E-state index contributed by atoms with van der Waals surface area (Å²) >= 11 is 0. The number of aryl methyl sites for hydroxylation is 1. The van der Waals surface area contributed by atoms with E-state index in [1.54, 1.807) is 12.1 Å². The SMILES string of the molecule is [2H]c1c([2H])c(C(C)(C)C)c([2H])c([2H])c1-c1cc(C(C)(C)C)ccc1N(c1ccc(C(C)(C)C)cc1)c1cc(Nc2ccc(C(C)(C)C)cc2)cc(C([2H])([2H])[2H])c1. The predicted molar refractivity (Wildman–Crippen MR) is 216 cm³/mol. The lowest BCUT2D eigenvalue weighted by molar-refractivity contribution is 0.590. The zero-order chi connectivity index (χ0) is 41.9. The highest BCUT2D eigenvalue weighted by Gasteiger charge is 2.23. The molecule has 1 N–H and O–H groups in total. The van der Waals surface area contributed by atoms with Gasteiger partial charge in [-0.15, -0.1) is 0 Å². The second kappa shape index (κ2) is 13.2. The summed E-state index contributed by atoms with van der Waals surface area (Å²) in [5.74, 6) is 0. The Balaban J connectivity index is 1.87. The van der Waals surface area contributed by atoms with Crippen molar-refractivity contribution in [2.45, 2.75) is 112 Å². The van der Waals surface area contributed by atoms with Crippen molar-refractivity contribution in [1.29, 1.82) is 0 Å². The van der Waals surface area contributed by atoms with Gasteiger partial charge in [-0.05, 0) is 116 Å². The van der Waals surface area contributed by atoms with Crippen molar-refractivity contribution in [2.75, 3.05) is 10.2 Å². The fourth-order valence-corrected chi connectivity index (χ4v) is 5.79. The molecule has 0 spiro atoms. The van der Waals surface area contributed by atoms with Gasteiger partial charge in [-0.3, -0.25) is 0 Å². The van der Waals surface area contributed by atoms with Crippen LogP contribution >= 0.6 is 0 Å². The van der Waals surface area contributed by atoms with Crippen molar-refractivity contribution in [3.05, 3.63) is 137 Å².